The minimum Gasteiger partial charge on any atom is -0.339 e. The number of halogens is 1. The van der Waals surface area contributed by atoms with Crippen LogP contribution < -0.4 is 0 Å². The monoisotopic (exact) mass is 415 g/mol. The maximum Gasteiger partial charge on any atom is 0.319 e. The first-order chi connectivity index (χ1) is 14.6. The third-order valence-corrected chi connectivity index (χ3v) is 7.09. The lowest BCUT2D eigenvalue weighted by atomic mass is 9.94. The SMILES string of the molecule is O=C(N1CCCC1)N1CCC(C(=O)N(CCc2ccc(F)cc2)C2CCCC2)CC1. The fraction of sp³-hybridized carbons (Fsp3) is 0.667. The lowest BCUT2D eigenvalue weighted by Gasteiger charge is -2.37. The Morgan fingerprint density at radius 1 is 0.867 bits per heavy atom. The first-order valence-corrected chi connectivity index (χ1v) is 11.7. The van der Waals surface area contributed by atoms with E-state index in [2.05, 4.69) is 4.90 Å². The van der Waals surface area contributed by atoms with Crippen molar-refractivity contribution in [1.82, 2.24) is 14.7 Å². The van der Waals surface area contributed by atoms with E-state index in [0.717, 1.165) is 63.6 Å². The number of piperidine rings is 1. The Balaban J connectivity index is 1.34. The molecule has 3 fully saturated rings. The summed E-state index contributed by atoms with van der Waals surface area (Å²) in [5.41, 5.74) is 1.07. The summed E-state index contributed by atoms with van der Waals surface area (Å²) < 4.78 is 13.2. The lowest BCUT2D eigenvalue weighted by molar-refractivity contribution is -0.139. The van der Waals surface area contributed by atoms with Gasteiger partial charge in [0.25, 0.3) is 0 Å². The standard InChI is InChI=1S/C24H34FN3O2/c25-21-9-7-19(8-10-21)11-18-28(22-5-1-2-6-22)23(29)20-12-16-27(17-13-20)24(30)26-14-3-4-15-26/h7-10,20,22H,1-6,11-18H2. The molecule has 2 aliphatic heterocycles. The van der Waals surface area contributed by atoms with Gasteiger partial charge in [-0.2, -0.15) is 0 Å². The number of hydrogen-bond donors (Lipinski definition) is 0. The zero-order chi connectivity index (χ0) is 20.9. The van der Waals surface area contributed by atoms with Crippen molar-refractivity contribution in [3.8, 4) is 0 Å². The van der Waals surface area contributed by atoms with E-state index in [1.54, 1.807) is 0 Å². The molecule has 0 unspecified atom stereocenters. The summed E-state index contributed by atoms with van der Waals surface area (Å²) in [5, 5.41) is 0. The number of carbonyl (C=O) groups excluding carboxylic acids is 2. The van der Waals surface area contributed by atoms with E-state index in [9.17, 15) is 14.0 Å². The highest BCUT2D eigenvalue weighted by molar-refractivity contribution is 5.80. The quantitative estimate of drug-likeness (QED) is 0.728. The average molecular weight is 416 g/mol. The van der Waals surface area contributed by atoms with E-state index in [-0.39, 0.29) is 23.7 Å². The molecule has 0 aromatic heterocycles. The predicted molar refractivity (Wildman–Crippen MR) is 115 cm³/mol. The minimum atomic E-state index is -0.224. The highest BCUT2D eigenvalue weighted by atomic mass is 19.1. The van der Waals surface area contributed by atoms with E-state index in [4.69, 9.17) is 0 Å². The molecule has 5 nitrogen and oxygen atoms in total. The van der Waals surface area contributed by atoms with Crippen LogP contribution in [0.5, 0.6) is 0 Å². The molecular formula is C24H34FN3O2. The summed E-state index contributed by atoms with van der Waals surface area (Å²) in [6, 6.07) is 7.10. The fourth-order valence-electron chi connectivity index (χ4n) is 5.25. The van der Waals surface area contributed by atoms with Crippen molar-refractivity contribution in [2.75, 3.05) is 32.7 Å². The van der Waals surface area contributed by atoms with E-state index in [1.165, 1.54) is 25.0 Å². The molecule has 164 valence electrons. The van der Waals surface area contributed by atoms with Crippen LogP contribution in [0.2, 0.25) is 0 Å². The Morgan fingerprint density at radius 3 is 2.10 bits per heavy atom. The lowest BCUT2D eigenvalue weighted by Crippen LogP contribution is -2.50. The van der Waals surface area contributed by atoms with Crippen LogP contribution in [0.1, 0.15) is 56.9 Å². The molecule has 6 heteroatoms. The number of rotatable bonds is 5. The molecule has 0 N–H and O–H groups in total. The third-order valence-electron chi connectivity index (χ3n) is 7.09. The smallest absolute Gasteiger partial charge is 0.319 e. The average Bonchev–Trinajstić information content (AvgIpc) is 3.49. The number of likely N-dealkylation sites (tertiary alicyclic amines) is 2. The number of urea groups is 1. The Bertz CT molecular complexity index is 718. The molecule has 0 radical (unpaired) electrons. The van der Waals surface area contributed by atoms with Gasteiger partial charge in [-0.1, -0.05) is 25.0 Å². The van der Waals surface area contributed by atoms with Crippen LogP contribution in [0.25, 0.3) is 0 Å². The summed E-state index contributed by atoms with van der Waals surface area (Å²) >= 11 is 0. The minimum absolute atomic E-state index is 0.0152. The molecule has 1 aliphatic carbocycles. The van der Waals surface area contributed by atoms with Crippen molar-refractivity contribution in [3.05, 3.63) is 35.6 Å². The van der Waals surface area contributed by atoms with Crippen molar-refractivity contribution in [1.29, 1.82) is 0 Å². The van der Waals surface area contributed by atoms with Gasteiger partial charge in [0.2, 0.25) is 5.91 Å². The van der Waals surface area contributed by atoms with E-state index < -0.39 is 0 Å². The van der Waals surface area contributed by atoms with Crippen molar-refractivity contribution >= 4 is 11.9 Å². The summed E-state index contributed by atoms with van der Waals surface area (Å²) in [7, 11) is 0. The zero-order valence-electron chi connectivity index (χ0n) is 17.9. The van der Waals surface area contributed by atoms with Gasteiger partial charge in [-0.3, -0.25) is 4.79 Å². The number of hydrogen-bond acceptors (Lipinski definition) is 2. The summed E-state index contributed by atoms with van der Waals surface area (Å²) in [4.78, 5) is 32.1. The predicted octanol–water partition coefficient (Wildman–Crippen LogP) is 4.07. The molecule has 4 rings (SSSR count). The summed E-state index contributed by atoms with van der Waals surface area (Å²) in [6.45, 7) is 3.81. The van der Waals surface area contributed by atoms with Crippen LogP contribution in [0.4, 0.5) is 9.18 Å². The second-order valence-corrected chi connectivity index (χ2v) is 9.08. The fourth-order valence-corrected chi connectivity index (χ4v) is 5.25. The maximum atomic E-state index is 13.4. The van der Waals surface area contributed by atoms with Crippen LogP contribution in [0, 0.1) is 11.7 Å². The van der Waals surface area contributed by atoms with Crippen LogP contribution in [0.3, 0.4) is 0 Å². The van der Waals surface area contributed by atoms with Crippen LogP contribution >= 0.6 is 0 Å². The van der Waals surface area contributed by atoms with Gasteiger partial charge in [0, 0.05) is 44.7 Å². The van der Waals surface area contributed by atoms with Gasteiger partial charge in [0.05, 0.1) is 0 Å². The molecule has 30 heavy (non-hydrogen) atoms. The van der Waals surface area contributed by atoms with Crippen molar-refractivity contribution in [3.63, 3.8) is 0 Å². The molecule has 1 aromatic carbocycles. The Hall–Kier alpha value is -2.11. The normalized spacial score (nSPS) is 20.7. The molecule has 0 bridgehead atoms. The van der Waals surface area contributed by atoms with E-state index in [0.29, 0.717) is 25.7 Å². The van der Waals surface area contributed by atoms with Gasteiger partial charge < -0.3 is 14.7 Å². The molecule has 2 saturated heterocycles. The van der Waals surface area contributed by atoms with Crippen molar-refractivity contribution in [2.45, 2.75) is 63.8 Å². The molecular weight excluding hydrogens is 381 g/mol. The molecule has 3 aliphatic rings. The van der Waals surface area contributed by atoms with Gasteiger partial charge in [-0.25, -0.2) is 9.18 Å². The largest absolute Gasteiger partial charge is 0.339 e. The first-order valence-electron chi connectivity index (χ1n) is 11.7. The first kappa shape index (κ1) is 21.1. The Kier molecular flexibility index (Phi) is 6.90. The summed E-state index contributed by atoms with van der Waals surface area (Å²) in [6.07, 6.45) is 9.03. The molecule has 0 atom stereocenters. The molecule has 3 amide bonds. The van der Waals surface area contributed by atoms with Crippen molar-refractivity contribution in [2.24, 2.45) is 5.92 Å². The molecule has 0 spiro atoms. The van der Waals surface area contributed by atoms with Crippen LogP contribution in [-0.4, -0.2) is 65.4 Å². The van der Waals surface area contributed by atoms with Gasteiger partial charge in [-0.15, -0.1) is 0 Å². The van der Waals surface area contributed by atoms with Crippen LogP contribution in [-0.2, 0) is 11.2 Å². The highest BCUT2D eigenvalue weighted by Gasteiger charge is 2.35. The van der Waals surface area contributed by atoms with Gasteiger partial charge in [-0.05, 0) is 62.6 Å². The Morgan fingerprint density at radius 2 is 1.47 bits per heavy atom. The van der Waals surface area contributed by atoms with Crippen LogP contribution in [0.15, 0.2) is 24.3 Å². The maximum absolute atomic E-state index is 13.4. The molecule has 2 heterocycles. The molecule has 1 aromatic rings. The van der Waals surface area contributed by atoms with Gasteiger partial charge in [0.1, 0.15) is 5.82 Å². The third kappa shape index (κ3) is 4.96. The second-order valence-electron chi connectivity index (χ2n) is 9.08. The number of amides is 3. The Labute approximate surface area is 179 Å². The second kappa shape index (κ2) is 9.80. The summed E-state index contributed by atoms with van der Waals surface area (Å²) in [5.74, 6) is 0.0523. The molecule has 1 saturated carbocycles. The number of benzene rings is 1. The van der Waals surface area contributed by atoms with Gasteiger partial charge >= 0.3 is 6.03 Å². The zero-order valence-corrected chi connectivity index (χ0v) is 17.9. The van der Waals surface area contributed by atoms with E-state index >= 15 is 0 Å². The van der Waals surface area contributed by atoms with Crippen molar-refractivity contribution < 1.29 is 14.0 Å². The highest BCUT2D eigenvalue weighted by Crippen LogP contribution is 2.28. The number of carbonyl (C=O) groups is 2. The van der Waals surface area contributed by atoms with Gasteiger partial charge in [0.15, 0.2) is 0 Å². The van der Waals surface area contributed by atoms with E-state index in [1.807, 2.05) is 21.9 Å². The number of nitrogens with zero attached hydrogens (tertiary/aromatic N) is 3. The topological polar surface area (TPSA) is 43.9 Å².